The van der Waals surface area contributed by atoms with Crippen molar-refractivity contribution in [2.24, 2.45) is 5.92 Å². The zero-order valence-electron chi connectivity index (χ0n) is 12.4. The second-order valence-corrected chi connectivity index (χ2v) is 5.82. The van der Waals surface area contributed by atoms with Gasteiger partial charge < -0.3 is 21.1 Å². The Labute approximate surface area is 125 Å². The Hall–Kier alpha value is -1.34. The van der Waals surface area contributed by atoms with Crippen molar-refractivity contribution in [2.75, 3.05) is 39.3 Å². The average molecular weight is 298 g/mol. The topological polar surface area (TPSA) is 93.7 Å². The Morgan fingerprint density at radius 3 is 2.67 bits per heavy atom. The van der Waals surface area contributed by atoms with Crippen LogP contribution in [0.5, 0.6) is 0 Å². The maximum absolute atomic E-state index is 12.1. The molecule has 4 N–H and O–H groups in total. The second-order valence-electron chi connectivity index (χ2n) is 5.82. The lowest BCUT2D eigenvalue weighted by Gasteiger charge is -2.33. The van der Waals surface area contributed by atoms with E-state index in [9.17, 15) is 9.59 Å². The van der Waals surface area contributed by atoms with Gasteiger partial charge in [0.05, 0.1) is 0 Å². The van der Waals surface area contributed by atoms with Crippen molar-refractivity contribution < 1.29 is 14.7 Å². The number of carbonyl (C=O) groups excluding carboxylic acids is 1. The third-order valence-corrected chi connectivity index (χ3v) is 4.34. The molecule has 2 heterocycles. The molecule has 2 amide bonds. The molecule has 0 aliphatic carbocycles. The highest BCUT2D eigenvalue weighted by molar-refractivity contribution is 5.85. The van der Waals surface area contributed by atoms with Gasteiger partial charge in [-0.15, -0.1) is 0 Å². The van der Waals surface area contributed by atoms with E-state index in [0.717, 1.165) is 31.8 Å². The number of hydrogen-bond donors (Lipinski definition) is 4. The molecule has 0 radical (unpaired) electrons. The molecule has 2 saturated heterocycles. The first-order valence-corrected chi connectivity index (χ1v) is 7.87. The van der Waals surface area contributed by atoms with Crippen molar-refractivity contribution in [3.05, 3.63) is 0 Å². The first-order chi connectivity index (χ1) is 10.2. The van der Waals surface area contributed by atoms with Gasteiger partial charge in [-0.05, 0) is 44.7 Å². The lowest BCUT2D eigenvalue weighted by Crippen LogP contribution is -2.59. The molecule has 1 atom stereocenters. The fraction of sp³-hybridized carbons (Fsp3) is 0.857. The molecule has 120 valence electrons. The zero-order chi connectivity index (χ0) is 15.1. The van der Waals surface area contributed by atoms with E-state index >= 15 is 0 Å². The Kier molecular flexibility index (Phi) is 6.25. The van der Waals surface area contributed by atoms with Gasteiger partial charge in [0.1, 0.15) is 6.04 Å². The van der Waals surface area contributed by atoms with E-state index in [0.29, 0.717) is 26.2 Å². The van der Waals surface area contributed by atoms with E-state index in [1.807, 2.05) is 0 Å². The van der Waals surface area contributed by atoms with Crippen LogP contribution in [0.1, 0.15) is 25.7 Å². The molecule has 0 aromatic heterocycles. The van der Waals surface area contributed by atoms with Crippen LogP contribution in [-0.4, -0.2) is 67.3 Å². The number of nitrogens with zero attached hydrogens (tertiary/aromatic N) is 1. The Balaban J connectivity index is 1.67. The Bertz CT molecular complexity index is 358. The molecule has 7 nitrogen and oxygen atoms in total. The summed E-state index contributed by atoms with van der Waals surface area (Å²) in [5.41, 5.74) is 0. The fourth-order valence-electron chi connectivity index (χ4n) is 3.06. The van der Waals surface area contributed by atoms with Gasteiger partial charge in [-0.3, -0.25) is 9.69 Å². The van der Waals surface area contributed by atoms with E-state index in [-0.39, 0.29) is 5.91 Å². The van der Waals surface area contributed by atoms with Crippen molar-refractivity contribution in [3.8, 4) is 0 Å². The van der Waals surface area contributed by atoms with Crippen molar-refractivity contribution in [2.45, 2.75) is 31.7 Å². The number of amides is 2. The van der Waals surface area contributed by atoms with Crippen molar-refractivity contribution >= 4 is 12.0 Å². The lowest BCUT2D eigenvalue weighted by atomic mass is 9.93. The van der Waals surface area contributed by atoms with Gasteiger partial charge in [-0.1, -0.05) is 0 Å². The van der Waals surface area contributed by atoms with E-state index < -0.39 is 12.1 Å². The summed E-state index contributed by atoms with van der Waals surface area (Å²) < 4.78 is 0. The van der Waals surface area contributed by atoms with Gasteiger partial charge in [0.25, 0.3) is 0 Å². The molecular weight excluding hydrogens is 272 g/mol. The van der Waals surface area contributed by atoms with Crippen LogP contribution < -0.4 is 16.0 Å². The van der Waals surface area contributed by atoms with Crippen molar-refractivity contribution in [1.29, 1.82) is 0 Å². The minimum atomic E-state index is -1.02. The summed E-state index contributed by atoms with van der Waals surface area (Å²) in [5.74, 6) is 0.574. The summed E-state index contributed by atoms with van der Waals surface area (Å²) in [5, 5.41) is 18.4. The zero-order valence-corrected chi connectivity index (χ0v) is 12.4. The summed E-state index contributed by atoms with van der Waals surface area (Å²) in [7, 11) is 0. The highest BCUT2D eigenvalue weighted by Crippen LogP contribution is 2.17. The third kappa shape index (κ3) is 4.86. The molecule has 0 spiro atoms. The van der Waals surface area contributed by atoms with Gasteiger partial charge in [0, 0.05) is 26.2 Å². The van der Waals surface area contributed by atoms with Crippen molar-refractivity contribution in [1.82, 2.24) is 20.9 Å². The molecule has 0 aromatic carbocycles. The summed E-state index contributed by atoms with van der Waals surface area (Å²) in [6.45, 7) is 4.18. The Morgan fingerprint density at radius 1 is 1.19 bits per heavy atom. The molecule has 1 unspecified atom stereocenters. The standard InChI is InChI=1S/C14H26N4O3/c19-13(12-10-16-8-9-18(12)14(20)21)17-5-1-2-11-3-6-15-7-4-11/h11-12,15-16H,1-10H2,(H,17,19)(H,20,21). The predicted octanol–water partition coefficient (Wildman–Crippen LogP) is -0.166. The third-order valence-electron chi connectivity index (χ3n) is 4.34. The first kappa shape index (κ1) is 16.0. The summed E-state index contributed by atoms with van der Waals surface area (Å²) >= 11 is 0. The van der Waals surface area contributed by atoms with Crippen LogP contribution in [0, 0.1) is 5.92 Å². The van der Waals surface area contributed by atoms with Crippen LogP contribution >= 0.6 is 0 Å². The van der Waals surface area contributed by atoms with Crippen LogP contribution in [0.15, 0.2) is 0 Å². The number of carbonyl (C=O) groups is 2. The highest BCUT2D eigenvalue weighted by atomic mass is 16.4. The van der Waals surface area contributed by atoms with Crippen LogP contribution in [0.25, 0.3) is 0 Å². The number of piperidine rings is 1. The normalized spacial score (nSPS) is 23.8. The minimum Gasteiger partial charge on any atom is -0.465 e. The lowest BCUT2D eigenvalue weighted by molar-refractivity contribution is -0.126. The monoisotopic (exact) mass is 298 g/mol. The first-order valence-electron chi connectivity index (χ1n) is 7.87. The smallest absolute Gasteiger partial charge is 0.408 e. The fourth-order valence-corrected chi connectivity index (χ4v) is 3.06. The highest BCUT2D eigenvalue weighted by Gasteiger charge is 2.31. The molecule has 0 bridgehead atoms. The number of rotatable bonds is 5. The van der Waals surface area contributed by atoms with Crippen molar-refractivity contribution in [3.63, 3.8) is 0 Å². The largest absolute Gasteiger partial charge is 0.465 e. The predicted molar refractivity (Wildman–Crippen MR) is 79.2 cm³/mol. The van der Waals surface area contributed by atoms with Gasteiger partial charge in [-0.25, -0.2) is 4.79 Å². The average Bonchev–Trinajstić information content (AvgIpc) is 2.52. The van der Waals surface area contributed by atoms with Gasteiger partial charge in [0.2, 0.25) is 5.91 Å². The maximum Gasteiger partial charge on any atom is 0.408 e. The molecule has 7 heteroatoms. The van der Waals surface area contributed by atoms with E-state index in [1.54, 1.807) is 0 Å². The summed E-state index contributed by atoms with van der Waals surface area (Å²) in [4.78, 5) is 24.4. The molecule has 2 aliphatic heterocycles. The molecule has 2 fully saturated rings. The second kappa shape index (κ2) is 8.19. The van der Waals surface area contributed by atoms with Gasteiger partial charge in [0.15, 0.2) is 0 Å². The van der Waals surface area contributed by atoms with Crippen LogP contribution in [0.3, 0.4) is 0 Å². The molecule has 21 heavy (non-hydrogen) atoms. The summed E-state index contributed by atoms with van der Waals surface area (Å²) in [6.07, 6.45) is 3.50. The van der Waals surface area contributed by atoms with E-state index in [1.165, 1.54) is 17.7 Å². The quantitative estimate of drug-likeness (QED) is 0.529. The van der Waals surface area contributed by atoms with Crippen LogP contribution in [-0.2, 0) is 4.79 Å². The summed E-state index contributed by atoms with van der Waals surface area (Å²) in [6, 6.07) is -0.602. The number of piperazine rings is 1. The van der Waals surface area contributed by atoms with Gasteiger partial charge in [-0.2, -0.15) is 0 Å². The SMILES string of the molecule is O=C(NCCCC1CCNCC1)C1CNCCN1C(=O)O. The maximum atomic E-state index is 12.1. The molecule has 0 aromatic rings. The number of hydrogen-bond acceptors (Lipinski definition) is 4. The Morgan fingerprint density at radius 2 is 1.95 bits per heavy atom. The van der Waals surface area contributed by atoms with Crippen LogP contribution in [0.4, 0.5) is 4.79 Å². The van der Waals surface area contributed by atoms with Gasteiger partial charge >= 0.3 is 6.09 Å². The molecule has 0 saturated carbocycles. The number of nitrogens with one attached hydrogen (secondary N) is 3. The van der Waals surface area contributed by atoms with Crippen LogP contribution in [0.2, 0.25) is 0 Å². The molecule has 2 rings (SSSR count). The van der Waals surface area contributed by atoms with E-state index in [4.69, 9.17) is 5.11 Å². The minimum absolute atomic E-state index is 0.185. The molecular formula is C14H26N4O3. The molecule has 2 aliphatic rings. The number of carboxylic acid groups (broad SMARTS) is 1. The van der Waals surface area contributed by atoms with E-state index in [2.05, 4.69) is 16.0 Å².